The molecule has 0 saturated carbocycles. The van der Waals surface area contributed by atoms with Crippen molar-refractivity contribution in [1.29, 1.82) is 5.26 Å². The Morgan fingerprint density at radius 3 is 1.97 bits per heavy atom. The van der Waals surface area contributed by atoms with Crippen molar-refractivity contribution in [3.8, 4) is 28.3 Å². The van der Waals surface area contributed by atoms with Crippen LogP contribution in [0.5, 0.6) is 0 Å². The van der Waals surface area contributed by atoms with E-state index in [4.69, 9.17) is 13.7 Å². The van der Waals surface area contributed by atoms with Crippen molar-refractivity contribution in [2.75, 3.05) is 0 Å². The third-order valence-corrected chi connectivity index (χ3v) is 7.57. The molecule has 5 aromatic rings. The monoisotopic (exact) mass is 471 g/mol. The van der Waals surface area contributed by atoms with E-state index >= 15 is 0 Å². The zero-order chi connectivity index (χ0) is 25.1. The van der Waals surface area contributed by atoms with Gasteiger partial charge in [0, 0.05) is 10.8 Å². The number of hydrogen-bond acceptors (Lipinski definition) is 4. The van der Waals surface area contributed by atoms with Crippen LogP contribution in [0.2, 0.25) is 0 Å². The lowest BCUT2D eigenvalue weighted by atomic mass is 9.75. The molecule has 2 heterocycles. The first kappa shape index (κ1) is 22.6. The minimum Gasteiger partial charge on any atom is -0.456 e. The Hall–Kier alpha value is -3.85. The van der Waals surface area contributed by atoms with Gasteiger partial charge in [-0.15, -0.1) is 0 Å². The molecule has 0 N–H and O–H groups in total. The number of fused-ring (bicyclic) bond motifs is 3. The van der Waals surface area contributed by atoms with Gasteiger partial charge < -0.3 is 13.7 Å². The molecule has 0 aliphatic carbocycles. The molecule has 1 fully saturated rings. The van der Waals surface area contributed by atoms with Crippen LogP contribution in [0, 0.1) is 11.3 Å². The zero-order valence-electron chi connectivity index (χ0n) is 20.8. The second-order valence-electron chi connectivity index (χ2n) is 10.4. The molecule has 0 spiro atoms. The molecule has 0 amide bonds. The van der Waals surface area contributed by atoms with Crippen molar-refractivity contribution in [2.45, 2.75) is 38.9 Å². The summed E-state index contributed by atoms with van der Waals surface area (Å²) in [5, 5.41) is 12.5. The second kappa shape index (κ2) is 8.10. The van der Waals surface area contributed by atoms with E-state index in [2.05, 4.69) is 24.3 Å². The highest BCUT2D eigenvalue weighted by Crippen LogP contribution is 2.39. The average molecular weight is 471 g/mol. The van der Waals surface area contributed by atoms with Gasteiger partial charge in [0.25, 0.3) is 0 Å². The molecule has 176 valence electrons. The average Bonchev–Trinajstić information content (AvgIpc) is 3.35. The predicted octanol–water partition coefficient (Wildman–Crippen LogP) is 7.09. The normalized spacial score (nSPS) is 16.5. The molecule has 36 heavy (non-hydrogen) atoms. The Kier molecular flexibility index (Phi) is 5.08. The molecule has 5 heteroatoms. The Morgan fingerprint density at radius 2 is 1.28 bits per heavy atom. The van der Waals surface area contributed by atoms with Gasteiger partial charge in [0.2, 0.25) is 0 Å². The van der Waals surface area contributed by atoms with Crippen molar-refractivity contribution >= 4 is 34.5 Å². The van der Waals surface area contributed by atoms with Crippen LogP contribution in [-0.2, 0) is 9.31 Å². The van der Waals surface area contributed by atoms with E-state index in [9.17, 15) is 5.26 Å². The first-order chi connectivity index (χ1) is 17.3. The molecule has 4 nitrogen and oxygen atoms in total. The highest BCUT2D eigenvalue weighted by Gasteiger charge is 2.52. The van der Waals surface area contributed by atoms with Crippen LogP contribution in [0.25, 0.3) is 44.2 Å². The summed E-state index contributed by atoms with van der Waals surface area (Å²) in [5.41, 5.74) is 5.75. The maximum Gasteiger partial charge on any atom is 0.494 e. The first-order valence-corrected chi connectivity index (χ1v) is 12.2. The third-order valence-electron chi connectivity index (χ3n) is 7.57. The maximum absolute atomic E-state index is 10.3. The molecule has 1 saturated heterocycles. The van der Waals surface area contributed by atoms with E-state index in [1.807, 2.05) is 94.4 Å². The van der Waals surface area contributed by atoms with Gasteiger partial charge >= 0.3 is 7.12 Å². The molecule has 4 aromatic carbocycles. The highest BCUT2D eigenvalue weighted by molar-refractivity contribution is 6.62. The molecule has 0 unspecified atom stereocenters. The lowest BCUT2D eigenvalue weighted by Crippen LogP contribution is -2.41. The molecule has 1 aromatic heterocycles. The lowest BCUT2D eigenvalue weighted by Gasteiger charge is -2.32. The van der Waals surface area contributed by atoms with Crippen LogP contribution in [-0.4, -0.2) is 18.3 Å². The lowest BCUT2D eigenvalue weighted by molar-refractivity contribution is 0.00578. The van der Waals surface area contributed by atoms with Gasteiger partial charge in [-0.1, -0.05) is 66.7 Å². The smallest absolute Gasteiger partial charge is 0.456 e. The fourth-order valence-electron chi connectivity index (χ4n) is 4.87. The Balaban J connectivity index is 1.58. The zero-order valence-corrected chi connectivity index (χ0v) is 20.8. The summed E-state index contributed by atoms with van der Waals surface area (Å²) >= 11 is 0. The predicted molar refractivity (Wildman–Crippen MR) is 145 cm³/mol. The number of nitrogens with zero attached hydrogens (tertiary/aromatic N) is 1. The van der Waals surface area contributed by atoms with Crippen molar-refractivity contribution < 1.29 is 13.7 Å². The van der Waals surface area contributed by atoms with Gasteiger partial charge in [0.1, 0.15) is 17.2 Å². The van der Waals surface area contributed by atoms with E-state index in [1.165, 1.54) is 0 Å². The molecule has 1 aliphatic rings. The standard InChI is InChI=1S/C31H26BNO3/c1-30(2)31(3,4)36-32(35-30)22-17-25(20-10-6-5-7-11-20)27(19-33)26(18-22)21-14-15-24-23-12-8-9-13-28(23)34-29(24)16-21/h5-18H,1-4H3. The van der Waals surface area contributed by atoms with E-state index in [0.29, 0.717) is 5.56 Å². The van der Waals surface area contributed by atoms with Crippen LogP contribution in [0.3, 0.4) is 0 Å². The molecular formula is C31H26BNO3. The van der Waals surface area contributed by atoms with Crippen LogP contribution < -0.4 is 5.46 Å². The summed E-state index contributed by atoms with van der Waals surface area (Å²) in [6, 6.07) is 30.7. The van der Waals surface area contributed by atoms with Crippen LogP contribution in [0.4, 0.5) is 0 Å². The second-order valence-corrected chi connectivity index (χ2v) is 10.4. The van der Waals surface area contributed by atoms with Crippen molar-refractivity contribution in [3.63, 3.8) is 0 Å². The summed E-state index contributed by atoms with van der Waals surface area (Å²) in [4.78, 5) is 0. The van der Waals surface area contributed by atoms with Gasteiger partial charge in [-0.3, -0.25) is 0 Å². The minimum absolute atomic E-state index is 0.466. The van der Waals surface area contributed by atoms with E-state index in [0.717, 1.165) is 49.7 Å². The summed E-state index contributed by atoms with van der Waals surface area (Å²) in [7, 11) is -0.543. The number of para-hydroxylation sites is 1. The highest BCUT2D eigenvalue weighted by atomic mass is 16.7. The van der Waals surface area contributed by atoms with Crippen LogP contribution in [0.15, 0.2) is 89.3 Å². The van der Waals surface area contributed by atoms with Gasteiger partial charge in [0.15, 0.2) is 0 Å². The van der Waals surface area contributed by atoms with Crippen LogP contribution >= 0.6 is 0 Å². The number of nitriles is 1. The molecule has 6 rings (SSSR count). The minimum atomic E-state index is -0.543. The van der Waals surface area contributed by atoms with Crippen molar-refractivity contribution in [3.05, 3.63) is 90.5 Å². The molecule has 1 aliphatic heterocycles. The SMILES string of the molecule is CC1(C)OB(c2cc(-c3ccccc3)c(C#N)c(-c3ccc4c(c3)oc3ccccc34)c2)OC1(C)C. The van der Waals surface area contributed by atoms with E-state index in [1.54, 1.807) is 0 Å². The topological polar surface area (TPSA) is 55.4 Å². The summed E-state index contributed by atoms with van der Waals surface area (Å²) in [6.45, 7) is 8.19. The Bertz CT molecular complexity index is 1640. The molecule has 0 bridgehead atoms. The van der Waals surface area contributed by atoms with Crippen LogP contribution in [0.1, 0.15) is 33.3 Å². The van der Waals surface area contributed by atoms with Gasteiger partial charge in [-0.2, -0.15) is 5.26 Å². The maximum atomic E-state index is 10.3. The number of benzene rings is 4. The quantitative estimate of drug-likeness (QED) is 0.264. The number of rotatable bonds is 3. The Labute approximate surface area is 211 Å². The fraction of sp³-hybridized carbons (Fsp3) is 0.194. The van der Waals surface area contributed by atoms with E-state index in [-0.39, 0.29) is 0 Å². The van der Waals surface area contributed by atoms with Crippen molar-refractivity contribution in [1.82, 2.24) is 0 Å². The Morgan fingerprint density at radius 1 is 0.667 bits per heavy atom. The first-order valence-electron chi connectivity index (χ1n) is 12.2. The fourth-order valence-corrected chi connectivity index (χ4v) is 4.87. The summed E-state index contributed by atoms with van der Waals surface area (Å²) in [6.07, 6.45) is 0. The van der Waals surface area contributed by atoms with Gasteiger partial charge in [-0.25, -0.2) is 0 Å². The van der Waals surface area contributed by atoms with Gasteiger partial charge in [-0.05, 0) is 73.6 Å². The number of furan rings is 1. The van der Waals surface area contributed by atoms with Gasteiger partial charge in [0.05, 0.1) is 16.8 Å². The van der Waals surface area contributed by atoms with E-state index < -0.39 is 18.3 Å². The number of hydrogen-bond donors (Lipinski definition) is 0. The molecule has 0 radical (unpaired) electrons. The summed E-state index contributed by atoms with van der Waals surface area (Å²) in [5.74, 6) is 0. The molecular weight excluding hydrogens is 445 g/mol. The largest absolute Gasteiger partial charge is 0.494 e. The molecule has 0 atom stereocenters. The summed E-state index contributed by atoms with van der Waals surface area (Å²) < 4.78 is 18.9. The third kappa shape index (κ3) is 3.53. The van der Waals surface area contributed by atoms with Crippen molar-refractivity contribution in [2.24, 2.45) is 0 Å².